The molecule has 0 spiro atoms. The summed E-state index contributed by atoms with van der Waals surface area (Å²) in [6, 6.07) is 2.66. The molecule has 0 saturated heterocycles. The van der Waals surface area contributed by atoms with E-state index < -0.39 is 18.0 Å². The number of hydrogen-bond donors (Lipinski definition) is 1. The van der Waals surface area contributed by atoms with Crippen molar-refractivity contribution in [1.82, 2.24) is 10.3 Å². The second-order valence-corrected chi connectivity index (χ2v) is 7.01. The number of esters is 2. The number of pyridine rings is 1. The second kappa shape index (κ2) is 11.3. The fraction of sp³-hybridized carbons (Fsp3) is 0.526. The Labute approximate surface area is 169 Å². The first-order valence-corrected chi connectivity index (χ1v) is 9.86. The number of thioether (sulfide) groups is 1. The number of nitriles is 1. The van der Waals surface area contributed by atoms with Crippen LogP contribution in [-0.4, -0.2) is 48.3 Å². The van der Waals surface area contributed by atoms with Crippen LogP contribution < -0.4 is 5.32 Å². The van der Waals surface area contributed by atoms with Crippen molar-refractivity contribution in [3.05, 3.63) is 22.9 Å². The number of aryl methyl sites for hydroxylation is 1. The molecular weight excluding hydrogens is 382 g/mol. The van der Waals surface area contributed by atoms with E-state index in [0.29, 0.717) is 17.1 Å². The van der Waals surface area contributed by atoms with E-state index in [0.717, 1.165) is 11.8 Å². The molecule has 0 radical (unpaired) electrons. The third-order valence-electron chi connectivity index (χ3n) is 4.12. The summed E-state index contributed by atoms with van der Waals surface area (Å²) in [5, 5.41) is 12.4. The summed E-state index contributed by atoms with van der Waals surface area (Å²) in [7, 11) is 1.27. The van der Waals surface area contributed by atoms with Gasteiger partial charge in [-0.25, -0.2) is 14.6 Å². The number of amides is 1. The largest absolute Gasteiger partial charge is 0.467 e. The molecule has 152 valence electrons. The standard InChI is InChI=1S/C19H25N3O5S/c1-6-11(3)16(19(25)26-5)22-15(23)10-28-17-13(9-20)8-14(12(4)21-17)18(24)27-7-2/h8,11,16H,6-7,10H2,1-5H3,(H,22,23)/t11-,16+/m0/s1. The van der Waals surface area contributed by atoms with Crippen LogP contribution >= 0.6 is 11.8 Å². The molecule has 0 saturated carbocycles. The minimum atomic E-state index is -0.737. The first kappa shape index (κ1) is 23.4. The van der Waals surface area contributed by atoms with E-state index in [2.05, 4.69) is 10.3 Å². The van der Waals surface area contributed by atoms with Gasteiger partial charge in [-0.1, -0.05) is 32.0 Å². The minimum Gasteiger partial charge on any atom is -0.467 e. The Morgan fingerprint density at radius 2 is 2.04 bits per heavy atom. The second-order valence-electron chi connectivity index (χ2n) is 6.05. The predicted octanol–water partition coefficient (Wildman–Crippen LogP) is 2.23. The smallest absolute Gasteiger partial charge is 0.340 e. The van der Waals surface area contributed by atoms with Crippen molar-refractivity contribution >= 4 is 29.6 Å². The first-order valence-electron chi connectivity index (χ1n) is 8.87. The van der Waals surface area contributed by atoms with Crippen molar-refractivity contribution in [2.75, 3.05) is 19.5 Å². The first-order chi connectivity index (χ1) is 13.3. The maximum atomic E-state index is 12.3. The maximum absolute atomic E-state index is 12.3. The number of carbonyl (C=O) groups excluding carboxylic acids is 3. The van der Waals surface area contributed by atoms with Gasteiger partial charge in [-0.05, 0) is 25.8 Å². The van der Waals surface area contributed by atoms with Gasteiger partial charge in [0.25, 0.3) is 0 Å². The van der Waals surface area contributed by atoms with Crippen LogP contribution in [0.4, 0.5) is 0 Å². The van der Waals surface area contributed by atoms with Crippen molar-refractivity contribution in [3.63, 3.8) is 0 Å². The van der Waals surface area contributed by atoms with Crippen molar-refractivity contribution < 1.29 is 23.9 Å². The third kappa shape index (κ3) is 6.23. The van der Waals surface area contributed by atoms with Crippen LogP contribution in [0, 0.1) is 24.2 Å². The SMILES string of the molecule is CCOC(=O)c1cc(C#N)c(SCC(=O)N[C@@H](C(=O)OC)[C@@H](C)CC)nc1C. The van der Waals surface area contributed by atoms with Crippen molar-refractivity contribution in [2.45, 2.75) is 45.2 Å². The normalized spacial score (nSPS) is 12.4. The molecule has 1 aromatic heterocycles. The number of rotatable bonds is 9. The third-order valence-corrected chi connectivity index (χ3v) is 5.11. The molecule has 1 aromatic rings. The average Bonchev–Trinajstić information content (AvgIpc) is 2.69. The molecule has 0 unspecified atom stereocenters. The van der Waals surface area contributed by atoms with E-state index in [1.807, 2.05) is 19.9 Å². The molecule has 0 aromatic carbocycles. The number of methoxy groups -OCH3 is 1. The molecule has 0 aliphatic carbocycles. The van der Waals surface area contributed by atoms with Gasteiger partial charge in [-0.2, -0.15) is 5.26 Å². The van der Waals surface area contributed by atoms with Gasteiger partial charge in [-0.15, -0.1) is 0 Å². The van der Waals surface area contributed by atoms with Crippen LogP contribution in [0.15, 0.2) is 11.1 Å². The number of nitrogens with one attached hydrogen (secondary N) is 1. The molecule has 2 atom stereocenters. The highest BCUT2D eigenvalue weighted by molar-refractivity contribution is 8.00. The number of hydrogen-bond acceptors (Lipinski definition) is 8. The van der Waals surface area contributed by atoms with E-state index in [4.69, 9.17) is 9.47 Å². The fourth-order valence-electron chi connectivity index (χ4n) is 2.33. The highest BCUT2D eigenvalue weighted by atomic mass is 32.2. The number of carbonyl (C=O) groups is 3. The van der Waals surface area contributed by atoms with Gasteiger partial charge in [0, 0.05) is 0 Å². The van der Waals surface area contributed by atoms with E-state index >= 15 is 0 Å². The molecule has 1 N–H and O–H groups in total. The molecule has 0 bridgehead atoms. The molecule has 1 rings (SSSR count). The Kier molecular flexibility index (Phi) is 9.45. The van der Waals surface area contributed by atoms with E-state index in [-0.39, 0.29) is 35.3 Å². The molecule has 8 nitrogen and oxygen atoms in total. The summed E-state index contributed by atoms with van der Waals surface area (Å²) in [4.78, 5) is 40.4. The van der Waals surface area contributed by atoms with Crippen LogP contribution in [0.2, 0.25) is 0 Å². The highest BCUT2D eigenvalue weighted by Gasteiger charge is 2.27. The van der Waals surface area contributed by atoms with Gasteiger partial charge in [-0.3, -0.25) is 4.79 Å². The van der Waals surface area contributed by atoms with Gasteiger partial charge >= 0.3 is 11.9 Å². The van der Waals surface area contributed by atoms with Crippen molar-refractivity contribution in [1.29, 1.82) is 5.26 Å². The van der Waals surface area contributed by atoms with Gasteiger partial charge in [0.2, 0.25) is 5.91 Å². The summed E-state index contributed by atoms with van der Waals surface area (Å²) in [5.74, 6) is -1.55. The van der Waals surface area contributed by atoms with Crippen LogP contribution in [0.1, 0.15) is 48.8 Å². The average molecular weight is 407 g/mol. The Morgan fingerprint density at radius 3 is 2.57 bits per heavy atom. The Morgan fingerprint density at radius 1 is 1.36 bits per heavy atom. The molecule has 9 heteroatoms. The van der Waals surface area contributed by atoms with E-state index in [1.165, 1.54) is 13.2 Å². The van der Waals surface area contributed by atoms with Gasteiger partial charge in [0.15, 0.2) is 0 Å². The quantitative estimate of drug-likeness (QED) is 0.489. The summed E-state index contributed by atoms with van der Waals surface area (Å²) < 4.78 is 9.70. The molecule has 1 amide bonds. The Balaban J connectivity index is 2.90. The van der Waals surface area contributed by atoms with Crippen LogP contribution in [0.5, 0.6) is 0 Å². The highest BCUT2D eigenvalue weighted by Crippen LogP contribution is 2.23. The van der Waals surface area contributed by atoms with Gasteiger partial charge in [0.05, 0.1) is 36.3 Å². The minimum absolute atomic E-state index is 0.0379. The zero-order valence-electron chi connectivity index (χ0n) is 16.7. The molecule has 28 heavy (non-hydrogen) atoms. The molecule has 0 aliphatic heterocycles. The van der Waals surface area contributed by atoms with Gasteiger partial charge < -0.3 is 14.8 Å². The van der Waals surface area contributed by atoms with Crippen LogP contribution in [-0.2, 0) is 19.1 Å². The Bertz CT molecular complexity index is 776. The monoisotopic (exact) mass is 407 g/mol. The summed E-state index contributed by atoms with van der Waals surface area (Å²) >= 11 is 1.06. The van der Waals surface area contributed by atoms with Crippen LogP contribution in [0.3, 0.4) is 0 Å². The molecule has 1 heterocycles. The summed E-state index contributed by atoms with van der Waals surface area (Å²) in [5.41, 5.74) is 0.806. The number of ether oxygens (including phenoxy) is 2. The molecule has 0 aliphatic rings. The molecular formula is C19H25N3O5S. The topological polar surface area (TPSA) is 118 Å². The fourth-order valence-corrected chi connectivity index (χ4v) is 3.15. The number of nitrogens with zero attached hydrogens (tertiary/aromatic N) is 2. The van der Waals surface area contributed by atoms with E-state index in [9.17, 15) is 19.6 Å². The lowest BCUT2D eigenvalue weighted by Gasteiger charge is -2.21. The lowest BCUT2D eigenvalue weighted by atomic mass is 9.99. The zero-order chi connectivity index (χ0) is 21.3. The van der Waals surface area contributed by atoms with Gasteiger partial charge in [0.1, 0.15) is 17.1 Å². The van der Waals surface area contributed by atoms with Crippen molar-refractivity contribution in [2.24, 2.45) is 5.92 Å². The van der Waals surface area contributed by atoms with E-state index in [1.54, 1.807) is 13.8 Å². The lowest BCUT2D eigenvalue weighted by molar-refractivity contribution is -0.146. The lowest BCUT2D eigenvalue weighted by Crippen LogP contribution is -2.46. The van der Waals surface area contributed by atoms with Crippen molar-refractivity contribution in [3.8, 4) is 6.07 Å². The Hall–Kier alpha value is -2.60. The number of aromatic nitrogens is 1. The maximum Gasteiger partial charge on any atom is 0.340 e. The predicted molar refractivity (Wildman–Crippen MR) is 104 cm³/mol. The van der Waals surface area contributed by atoms with Crippen LogP contribution in [0.25, 0.3) is 0 Å². The summed E-state index contributed by atoms with van der Waals surface area (Å²) in [6.45, 7) is 7.30. The summed E-state index contributed by atoms with van der Waals surface area (Å²) in [6.07, 6.45) is 0.696. The molecule has 0 fully saturated rings. The zero-order valence-corrected chi connectivity index (χ0v) is 17.5.